The van der Waals surface area contributed by atoms with Crippen LogP contribution in [0.15, 0.2) is 48.5 Å². The molecule has 0 unspecified atom stereocenters. The summed E-state index contributed by atoms with van der Waals surface area (Å²) in [5.41, 5.74) is 6.81. The largest absolute Gasteiger partial charge is 0.464 e. The molecule has 1 saturated carbocycles. The Morgan fingerprint density at radius 3 is 2.50 bits per heavy atom. The summed E-state index contributed by atoms with van der Waals surface area (Å²) in [4.78, 5) is 13.1. The highest BCUT2D eigenvalue weighted by Gasteiger charge is 2.26. The van der Waals surface area contributed by atoms with E-state index in [0.717, 1.165) is 59.3 Å². The lowest BCUT2D eigenvalue weighted by Crippen LogP contribution is -2.20. The van der Waals surface area contributed by atoms with Gasteiger partial charge in [-0.15, -0.1) is 10.2 Å². The molecule has 1 aliphatic carbocycles. The molecule has 5 rings (SSSR count). The van der Waals surface area contributed by atoms with Gasteiger partial charge in [-0.2, -0.15) is 10.3 Å². The van der Waals surface area contributed by atoms with Crippen molar-refractivity contribution in [2.45, 2.75) is 71.3 Å². The summed E-state index contributed by atoms with van der Waals surface area (Å²) < 4.78 is 7.22. The number of carbonyl (C=O) groups is 1. The minimum absolute atomic E-state index is 0.295. The van der Waals surface area contributed by atoms with Crippen LogP contribution in [-0.2, 0) is 24.1 Å². The summed E-state index contributed by atoms with van der Waals surface area (Å²) in [5, 5.41) is 19.6. The standard InChI is InChI=1S/C30H36N6O2/c1-3-4-14-27-26(28(30(37)38-2)36(33-27)20-22-10-6-5-7-11-22)19-21-15-17-23(18-16-21)24-12-8-9-13-25(24)29-31-34-35-32-29/h8-9,12-13,15-18,22H,3-7,10-11,14,19-20H2,1-2H3,(H,31,32,34,35). The number of aromatic nitrogens is 6. The summed E-state index contributed by atoms with van der Waals surface area (Å²) in [6.45, 7) is 2.97. The van der Waals surface area contributed by atoms with Crippen molar-refractivity contribution in [2.75, 3.05) is 7.11 Å². The van der Waals surface area contributed by atoms with Crippen molar-refractivity contribution in [3.05, 3.63) is 71.0 Å². The summed E-state index contributed by atoms with van der Waals surface area (Å²) in [5.74, 6) is 0.840. The molecule has 0 atom stereocenters. The molecule has 8 nitrogen and oxygen atoms in total. The average Bonchev–Trinajstić information content (AvgIpc) is 3.61. The number of aryl methyl sites for hydroxylation is 1. The Hall–Kier alpha value is -3.81. The molecule has 0 spiro atoms. The zero-order valence-corrected chi connectivity index (χ0v) is 22.3. The molecule has 1 aliphatic rings. The third-order valence-electron chi connectivity index (χ3n) is 7.59. The van der Waals surface area contributed by atoms with Crippen LogP contribution in [0.2, 0.25) is 0 Å². The second kappa shape index (κ2) is 12.2. The molecule has 8 heteroatoms. The smallest absolute Gasteiger partial charge is 0.356 e. The van der Waals surface area contributed by atoms with E-state index in [1.54, 1.807) is 0 Å². The normalized spacial score (nSPS) is 14.1. The summed E-state index contributed by atoms with van der Waals surface area (Å²) >= 11 is 0. The lowest BCUT2D eigenvalue weighted by Gasteiger charge is -2.22. The molecule has 0 amide bonds. The van der Waals surface area contributed by atoms with Crippen molar-refractivity contribution in [3.8, 4) is 22.5 Å². The number of unbranched alkanes of at least 4 members (excludes halogenated alkanes) is 1. The summed E-state index contributed by atoms with van der Waals surface area (Å²) in [6, 6.07) is 16.5. The van der Waals surface area contributed by atoms with E-state index in [9.17, 15) is 4.79 Å². The molecule has 1 N–H and O–H groups in total. The molecule has 0 aliphatic heterocycles. The fraction of sp³-hybridized carbons (Fsp3) is 0.433. The van der Waals surface area contributed by atoms with Gasteiger partial charge >= 0.3 is 5.97 Å². The van der Waals surface area contributed by atoms with Crippen LogP contribution in [0.1, 0.15) is 79.2 Å². The van der Waals surface area contributed by atoms with E-state index in [-0.39, 0.29) is 5.97 Å². The number of nitrogens with zero attached hydrogens (tertiary/aromatic N) is 5. The minimum Gasteiger partial charge on any atom is -0.464 e. The molecule has 0 radical (unpaired) electrons. The van der Waals surface area contributed by atoms with Crippen LogP contribution in [0.3, 0.4) is 0 Å². The van der Waals surface area contributed by atoms with Crippen molar-refractivity contribution < 1.29 is 9.53 Å². The van der Waals surface area contributed by atoms with E-state index in [2.05, 4.69) is 57.9 Å². The third-order valence-corrected chi connectivity index (χ3v) is 7.59. The number of ether oxygens (including phenoxy) is 1. The number of esters is 1. The van der Waals surface area contributed by atoms with Gasteiger partial charge in [0.1, 0.15) is 5.69 Å². The van der Waals surface area contributed by atoms with Crippen LogP contribution in [0.4, 0.5) is 0 Å². The zero-order valence-electron chi connectivity index (χ0n) is 22.3. The fourth-order valence-corrected chi connectivity index (χ4v) is 5.56. The van der Waals surface area contributed by atoms with Crippen molar-refractivity contribution in [1.82, 2.24) is 30.4 Å². The molecule has 1 fully saturated rings. The third kappa shape index (κ3) is 5.69. The van der Waals surface area contributed by atoms with Crippen LogP contribution in [0, 0.1) is 5.92 Å². The van der Waals surface area contributed by atoms with Crippen molar-refractivity contribution in [1.29, 1.82) is 0 Å². The predicted molar refractivity (Wildman–Crippen MR) is 147 cm³/mol. The van der Waals surface area contributed by atoms with E-state index in [4.69, 9.17) is 9.84 Å². The highest BCUT2D eigenvalue weighted by molar-refractivity contribution is 5.89. The highest BCUT2D eigenvalue weighted by Crippen LogP contribution is 2.31. The second-order valence-corrected chi connectivity index (χ2v) is 10.2. The predicted octanol–water partition coefficient (Wildman–Crippen LogP) is 6.03. The van der Waals surface area contributed by atoms with E-state index in [1.807, 2.05) is 22.9 Å². The Balaban J connectivity index is 1.46. The van der Waals surface area contributed by atoms with E-state index >= 15 is 0 Å². The van der Waals surface area contributed by atoms with E-state index in [0.29, 0.717) is 23.9 Å². The average molecular weight is 513 g/mol. The number of aromatic amines is 1. The van der Waals surface area contributed by atoms with Crippen LogP contribution in [-0.4, -0.2) is 43.5 Å². The van der Waals surface area contributed by atoms with E-state index < -0.39 is 0 Å². The first-order chi connectivity index (χ1) is 18.7. The maximum absolute atomic E-state index is 13.1. The second-order valence-electron chi connectivity index (χ2n) is 10.2. The first-order valence-corrected chi connectivity index (χ1v) is 13.8. The van der Waals surface area contributed by atoms with Gasteiger partial charge in [-0.3, -0.25) is 4.68 Å². The van der Waals surface area contributed by atoms with Crippen molar-refractivity contribution in [2.24, 2.45) is 5.92 Å². The lowest BCUT2D eigenvalue weighted by molar-refractivity contribution is 0.0583. The van der Waals surface area contributed by atoms with Gasteiger partial charge in [-0.25, -0.2) is 4.79 Å². The van der Waals surface area contributed by atoms with Crippen LogP contribution in [0.5, 0.6) is 0 Å². The quantitative estimate of drug-likeness (QED) is 0.261. The SMILES string of the molecule is CCCCc1nn(CC2CCCCC2)c(C(=O)OC)c1Cc1ccc(-c2ccccc2-c2nn[nH]n2)cc1. The highest BCUT2D eigenvalue weighted by atomic mass is 16.5. The Labute approximate surface area is 223 Å². The number of methoxy groups -OCH3 is 1. The molecule has 4 aromatic rings. The Kier molecular flexibility index (Phi) is 8.26. The Morgan fingerprint density at radius 1 is 1.05 bits per heavy atom. The van der Waals surface area contributed by atoms with Crippen LogP contribution in [0.25, 0.3) is 22.5 Å². The van der Waals surface area contributed by atoms with Gasteiger partial charge in [-0.1, -0.05) is 81.1 Å². The number of hydrogen-bond donors (Lipinski definition) is 1. The number of nitrogens with one attached hydrogen (secondary N) is 1. The first-order valence-electron chi connectivity index (χ1n) is 13.8. The van der Waals surface area contributed by atoms with Gasteiger partial charge in [0.15, 0.2) is 0 Å². The van der Waals surface area contributed by atoms with Crippen LogP contribution < -0.4 is 0 Å². The van der Waals surface area contributed by atoms with Crippen molar-refractivity contribution >= 4 is 5.97 Å². The molecule has 0 bridgehead atoms. The van der Waals surface area contributed by atoms with Gasteiger partial charge < -0.3 is 4.74 Å². The molecule has 38 heavy (non-hydrogen) atoms. The molecule has 2 aromatic heterocycles. The maximum atomic E-state index is 13.1. The zero-order chi connectivity index (χ0) is 26.3. The van der Waals surface area contributed by atoms with Gasteiger partial charge in [-0.05, 0) is 53.5 Å². The monoisotopic (exact) mass is 512 g/mol. The molecular formula is C30H36N6O2. The maximum Gasteiger partial charge on any atom is 0.356 e. The first kappa shape index (κ1) is 25.8. The van der Waals surface area contributed by atoms with Gasteiger partial charge in [0.05, 0.1) is 12.8 Å². The van der Waals surface area contributed by atoms with Gasteiger partial charge in [0.2, 0.25) is 5.82 Å². The Morgan fingerprint density at radius 2 is 1.82 bits per heavy atom. The van der Waals surface area contributed by atoms with E-state index in [1.165, 1.54) is 39.2 Å². The molecule has 198 valence electrons. The molecule has 0 saturated heterocycles. The van der Waals surface area contributed by atoms with Crippen LogP contribution >= 0.6 is 0 Å². The number of benzene rings is 2. The Bertz CT molecular complexity index is 1340. The molecule has 2 heterocycles. The topological polar surface area (TPSA) is 98.6 Å². The van der Waals surface area contributed by atoms with Crippen molar-refractivity contribution in [3.63, 3.8) is 0 Å². The lowest BCUT2D eigenvalue weighted by atomic mass is 9.89. The number of carbonyl (C=O) groups excluding carboxylic acids is 1. The number of hydrogen-bond acceptors (Lipinski definition) is 6. The van der Waals surface area contributed by atoms with Gasteiger partial charge in [0, 0.05) is 24.1 Å². The summed E-state index contributed by atoms with van der Waals surface area (Å²) in [7, 11) is 1.46. The fourth-order valence-electron chi connectivity index (χ4n) is 5.56. The minimum atomic E-state index is -0.295. The number of H-pyrrole nitrogens is 1. The van der Waals surface area contributed by atoms with Gasteiger partial charge in [0.25, 0.3) is 0 Å². The number of tetrazole rings is 1. The molecular weight excluding hydrogens is 476 g/mol. The summed E-state index contributed by atoms with van der Waals surface area (Å²) in [6.07, 6.45) is 9.86. The molecule has 2 aromatic carbocycles. The number of rotatable bonds is 10.